The third kappa shape index (κ3) is 2.86. The largest absolute Gasteiger partial charge is 0.388 e. The average molecular weight is 267 g/mol. The topological polar surface area (TPSA) is 63.8 Å². The fraction of sp³-hybridized carbons (Fsp3) is 0.417. The van der Waals surface area contributed by atoms with Crippen molar-refractivity contribution in [3.63, 3.8) is 0 Å². The Morgan fingerprint density at radius 1 is 1.50 bits per heavy atom. The van der Waals surface area contributed by atoms with Gasteiger partial charge in [-0.2, -0.15) is 5.10 Å². The highest BCUT2D eigenvalue weighted by molar-refractivity contribution is 6.31. The first-order valence-electron chi connectivity index (χ1n) is 5.86. The van der Waals surface area contributed by atoms with Crippen LogP contribution in [0.4, 0.5) is 0 Å². The fourth-order valence-corrected chi connectivity index (χ4v) is 2.03. The fourth-order valence-electron chi connectivity index (χ4n) is 1.78. The highest BCUT2D eigenvalue weighted by Crippen LogP contribution is 2.23. The van der Waals surface area contributed by atoms with Crippen molar-refractivity contribution >= 4 is 11.6 Å². The summed E-state index contributed by atoms with van der Waals surface area (Å²) in [4.78, 5) is 8.06. The first-order valence-corrected chi connectivity index (χ1v) is 6.24. The molecular weight excluding hydrogens is 252 g/mol. The van der Waals surface area contributed by atoms with Gasteiger partial charge in [0, 0.05) is 30.9 Å². The smallest absolute Gasteiger partial charge is 0.138 e. The van der Waals surface area contributed by atoms with Crippen molar-refractivity contribution < 1.29 is 5.11 Å². The molecule has 0 saturated heterocycles. The van der Waals surface area contributed by atoms with Crippen LogP contribution in [0.3, 0.4) is 0 Å². The molecule has 1 unspecified atom stereocenters. The molecule has 0 spiro atoms. The minimum absolute atomic E-state index is 0.393. The van der Waals surface area contributed by atoms with E-state index in [0.717, 1.165) is 18.8 Å². The van der Waals surface area contributed by atoms with Gasteiger partial charge in [0.2, 0.25) is 0 Å². The summed E-state index contributed by atoms with van der Waals surface area (Å²) in [6.07, 6.45) is 5.32. The number of aromatic nitrogens is 4. The molecule has 1 N–H and O–H groups in total. The molecule has 2 heterocycles. The number of nitrogens with zero attached hydrogens (tertiary/aromatic N) is 4. The lowest BCUT2D eigenvalue weighted by atomic mass is 10.1. The zero-order valence-corrected chi connectivity index (χ0v) is 10.9. The van der Waals surface area contributed by atoms with Crippen LogP contribution in [0.5, 0.6) is 0 Å². The Bertz CT molecular complexity index is 514. The summed E-state index contributed by atoms with van der Waals surface area (Å²) in [5.74, 6) is 0.761. The van der Waals surface area contributed by atoms with Gasteiger partial charge in [0.1, 0.15) is 12.2 Å². The molecule has 2 rings (SSSR count). The van der Waals surface area contributed by atoms with Crippen molar-refractivity contribution in [2.24, 2.45) is 0 Å². The Kier molecular flexibility index (Phi) is 4.28. The summed E-state index contributed by atoms with van der Waals surface area (Å²) in [7, 11) is 0. The SMILES string of the molecule is CCCn1ncnc1CC(O)c1ccncc1Cl. The lowest BCUT2D eigenvalue weighted by molar-refractivity contribution is 0.174. The second-order valence-electron chi connectivity index (χ2n) is 4.02. The quantitative estimate of drug-likeness (QED) is 0.899. The van der Waals surface area contributed by atoms with E-state index in [4.69, 9.17) is 11.6 Å². The third-order valence-corrected chi connectivity index (χ3v) is 2.99. The molecule has 0 fully saturated rings. The van der Waals surface area contributed by atoms with Crippen LogP contribution in [0.15, 0.2) is 24.8 Å². The monoisotopic (exact) mass is 266 g/mol. The van der Waals surface area contributed by atoms with Crippen LogP contribution >= 0.6 is 11.6 Å². The van der Waals surface area contributed by atoms with Crippen LogP contribution in [0.25, 0.3) is 0 Å². The Labute approximate surface area is 110 Å². The number of rotatable bonds is 5. The van der Waals surface area contributed by atoms with E-state index in [1.54, 1.807) is 16.9 Å². The Morgan fingerprint density at radius 3 is 3.06 bits per heavy atom. The summed E-state index contributed by atoms with van der Waals surface area (Å²) >= 11 is 5.99. The van der Waals surface area contributed by atoms with Gasteiger partial charge in [-0.15, -0.1) is 0 Å². The molecule has 0 aromatic carbocycles. The molecule has 0 aliphatic heterocycles. The first-order chi connectivity index (χ1) is 8.72. The van der Waals surface area contributed by atoms with E-state index in [2.05, 4.69) is 22.0 Å². The van der Waals surface area contributed by atoms with Gasteiger partial charge in [-0.05, 0) is 12.5 Å². The predicted molar refractivity (Wildman–Crippen MR) is 68.2 cm³/mol. The highest BCUT2D eigenvalue weighted by Gasteiger charge is 2.15. The van der Waals surface area contributed by atoms with Gasteiger partial charge in [0.25, 0.3) is 0 Å². The average Bonchev–Trinajstić information content (AvgIpc) is 2.78. The standard InChI is InChI=1S/C12H15ClN4O/c1-2-5-17-12(15-8-16-17)6-11(18)9-3-4-14-7-10(9)13/h3-4,7-8,11,18H,2,5-6H2,1H3. The molecule has 96 valence electrons. The predicted octanol–water partition coefficient (Wildman–Crippen LogP) is 2.01. The van der Waals surface area contributed by atoms with Crippen LogP contribution in [0.2, 0.25) is 5.02 Å². The van der Waals surface area contributed by atoms with Crippen LogP contribution < -0.4 is 0 Å². The molecule has 6 heteroatoms. The van der Waals surface area contributed by atoms with Gasteiger partial charge in [-0.3, -0.25) is 9.67 Å². The molecular formula is C12H15ClN4O. The summed E-state index contributed by atoms with van der Waals surface area (Å²) in [6.45, 7) is 2.87. The maximum absolute atomic E-state index is 10.2. The number of hydrogen-bond acceptors (Lipinski definition) is 4. The number of aryl methyl sites for hydroxylation is 1. The van der Waals surface area contributed by atoms with Crippen molar-refractivity contribution in [2.75, 3.05) is 0 Å². The van der Waals surface area contributed by atoms with Crippen LogP contribution in [0.1, 0.15) is 30.8 Å². The molecule has 2 aromatic heterocycles. The Balaban J connectivity index is 2.14. The van der Waals surface area contributed by atoms with Gasteiger partial charge in [-0.1, -0.05) is 18.5 Å². The number of halogens is 1. The van der Waals surface area contributed by atoms with Crippen molar-refractivity contribution in [2.45, 2.75) is 32.4 Å². The minimum atomic E-state index is -0.694. The molecule has 0 radical (unpaired) electrons. The van der Waals surface area contributed by atoms with Crippen molar-refractivity contribution in [1.82, 2.24) is 19.7 Å². The molecule has 0 bridgehead atoms. The van der Waals surface area contributed by atoms with Crippen molar-refractivity contribution in [3.8, 4) is 0 Å². The van der Waals surface area contributed by atoms with Gasteiger partial charge < -0.3 is 5.11 Å². The van der Waals surface area contributed by atoms with Gasteiger partial charge in [0.15, 0.2) is 0 Å². The molecule has 1 atom stereocenters. The summed E-state index contributed by atoms with van der Waals surface area (Å²) < 4.78 is 1.80. The second kappa shape index (κ2) is 5.93. The van der Waals surface area contributed by atoms with Gasteiger partial charge in [-0.25, -0.2) is 4.98 Å². The number of aliphatic hydroxyl groups excluding tert-OH is 1. The van der Waals surface area contributed by atoms with E-state index in [9.17, 15) is 5.11 Å². The van der Waals surface area contributed by atoms with E-state index in [1.807, 2.05) is 0 Å². The van der Waals surface area contributed by atoms with Gasteiger partial charge >= 0.3 is 0 Å². The Morgan fingerprint density at radius 2 is 2.33 bits per heavy atom. The highest BCUT2D eigenvalue weighted by atomic mass is 35.5. The summed E-state index contributed by atoms with van der Waals surface area (Å²) in [5, 5.41) is 14.8. The van der Waals surface area contributed by atoms with Crippen molar-refractivity contribution in [3.05, 3.63) is 41.2 Å². The van der Waals surface area contributed by atoms with E-state index in [-0.39, 0.29) is 0 Å². The molecule has 5 nitrogen and oxygen atoms in total. The van der Waals surface area contributed by atoms with E-state index < -0.39 is 6.10 Å². The first kappa shape index (κ1) is 13.0. The van der Waals surface area contributed by atoms with Crippen LogP contribution in [-0.4, -0.2) is 24.9 Å². The normalized spacial score (nSPS) is 12.6. The molecule has 0 aliphatic rings. The Hall–Kier alpha value is -1.46. The lowest BCUT2D eigenvalue weighted by Gasteiger charge is -2.12. The van der Waals surface area contributed by atoms with E-state index in [0.29, 0.717) is 17.0 Å². The van der Waals surface area contributed by atoms with Gasteiger partial charge in [0.05, 0.1) is 11.1 Å². The minimum Gasteiger partial charge on any atom is -0.388 e. The van der Waals surface area contributed by atoms with E-state index in [1.165, 1.54) is 12.5 Å². The lowest BCUT2D eigenvalue weighted by Crippen LogP contribution is -2.10. The third-order valence-electron chi connectivity index (χ3n) is 2.67. The molecule has 0 saturated carbocycles. The van der Waals surface area contributed by atoms with E-state index >= 15 is 0 Å². The molecule has 0 aliphatic carbocycles. The van der Waals surface area contributed by atoms with Crippen molar-refractivity contribution in [1.29, 1.82) is 0 Å². The zero-order chi connectivity index (χ0) is 13.0. The molecule has 18 heavy (non-hydrogen) atoms. The maximum Gasteiger partial charge on any atom is 0.138 e. The number of pyridine rings is 1. The summed E-state index contributed by atoms with van der Waals surface area (Å²) in [5.41, 5.74) is 0.665. The molecule has 0 amide bonds. The summed E-state index contributed by atoms with van der Waals surface area (Å²) in [6, 6.07) is 1.72. The second-order valence-corrected chi connectivity index (χ2v) is 4.42. The van der Waals surface area contributed by atoms with Crippen LogP contribution in [-0.2, 0) is 13.0 Å². The zero-order valence-electron chi connectivity index (χ0n) is 10.1. The maximum atomic E-state index is 10.2. The number of hydrogen-bond donors (Lipinski definition) is 1. The molecule has 2 aromatic rings. The number of aliphatic hydroxyl groups is 1. The van der Waals surface area contributed by atoms with Crippen LogP contribution in [0, 0.1) is 0 Å².